The monoisotopic (exact) mass is 418 g/mol. The molecule has 1 aromatic carbocycles. The molecule has 0 saturated carbocycles. The van der Waals surface area contributed by atoms with E-state index in [1.807, 2.05) is 6.92 Å². The van der Waals surface area contributed by atoms with Crippen molar-refractivity contribution >= 4 is 52.4 Å². The molecule has 1 N–H and O–H groups in total. The number of esters is 2. The molecule has 0 heterocycles. The molecule has 140 valence electrons. The summed E-state index contributed by atoms with van der Waals surface area (Å²) in [6, 6.07) is 3.08. The van der Waals surface area contributed by atoms with E-state index in [1.54, 1.807) is 19.9 Å². The molecule has 0 aliphatic heterocycles. The van der Waals surface area contributed by atoms with Crippen molar-refractivity contribution in [3.05, 3.63) is 38.5 Å². The molecule has 0 fully saturated rings. The van der Waals surface area contributed by atoms with Gasteiger partial charge in [0.2, 0.25) is 0 Å². The van der Waals surface area contributed by atoms with Crippen LogP contribution in [0.4, 0.5) is 5.69 Å². The highest BCUT2D eigenvalue weighted by Crippen LogP contribution is 2.38. The van der Waals surface area contributed by atoms with Crippen LogP contribution in [0.3, 0.4) is 0 Å². The summed E-state index contributed by atoms with van der Waals surface area (Å²) in [5.41, 5.74) is -0.211. The third kappa shape index (κ3) is 5.80. The largest absolute Gasteiger partial charge is 0.462 e. The Morgan fingerprint density at radius 1 is 1.31 bits per heavy atom. The molecule has 0 unspecified atom stereocenters. The smallest absolute Gasteiger partial charge is 0.350 e. The number of carbonyl (C=O) groups excluding carboxylic acids is 2. The predicted octanol–water partition coefficient (Wildman–Crippen LogP) is 4.98. The number of hydrogen-bond donors (Lipinski definition) is 1. The molecule has 0 radical (unpaired) electrons. The minimum atomic E-state index is -0.780. The number of nitrogens with one attached hydrogen (secondary N) is 1. The molecule has 0 aliphatic rings. The summed E-state index contributed by atoms with van der Waals surface area (Å²) in [5, 5.41) is 11.7. The minimum Gasteiger partial charge on any atom is -0.462 e. The van der Waals surface area contributed by atoms with Crippen LogP contribution in [0.1, 0.15) is 37.6 Å². The van der Waals surface area contributed by atoms with Crippen LogP contribution in [0.5, 0.6) is 0 Å². The predicted molar refractivity (Wildman–Crippen MR) is 101 cm³/mol. The number of halogens is 3. The second kappa shape index (κ2) is 10.3. The van der Waals surface area contributed by atoms with Crippen LogP contribution >= 0.6 is 34.8 Å². The molecular weight excluding hydrogens is 403 g/mol. The van der Waals surface area contributed by atoms with Crippen LogP contribution in [-0.2, 0) is 14.3 Å². The second-order valence-corrected chi connectivity index (χ2v) is 6.48. The van der Waals surface area contributed by atoms with Gasteiger partial charge in [-0.05, 0) is 26.3 Å². The lowest BCUT2D eigenvalue weighted by Gasteiger charge is -2.14. The van der Waals surface area contributed by atoms with Crippen molar-refractivity contribution < 1.29 is 19.1 Å². The number of ether oxygens (including phenoxy) is 2. The van der Waals surface area contributed by atoms with E-state index in [0.717, 1.165) is 6.20 Å². The van der Waals surface area contributed by atoms with E-state index in [4.69, 9.17) is 49.5 Å². The molecule has 26 heavy (non-hydrogen) atoms. The number of nitriles is 1. The molecule has 1 aromatic rings. The summed E-state index contributed by atoms with van der Waals surface area (Å²) in [6.45, 7) is 5.37. The van der Waals surface area contributed by atoms with Crippen molar-refractivity contribution in [2.75, 3.05) is 11.9 Å². The van der Waals surface area contributed by atoms with Gasteiger partial charge in [0.25, 0.3) is 0 Å². The molecule has 0 bridgehead atoms. The van der Waals surface area contributed by atoms with E-state index in [-0.39, 0.29) is 44.6 Å². The highest BCUT2D eigenvalue weighted by molar-refractivity contribution is 6.47. The van der Waals surface area contributed by atoms with Crippen LogP contribution < -0.4 is 5.32 Å². The third-order valence-corrected chi connectivity index (χ3v) is 4.03. The maximum absolute atomic E-state index is 12.2. The SMILES string of the molecule is CCCOC(=O)C(C#N)=CNc1cc(Cl)c(Cl)c(C(=O)OC(C)C)c1Cl. The number of benzene rings is 1. The standard InChI is InChI=1S/C17H17Cl3N2O4/c1-4-5-25-16(23)10(7-21)8-22-12-6-11(18)14(19)13(15(12)20)17(24)26-9(2)3/h6,8-9,22H,4-5H2,1-3H3. The van der Waals surface area contributed by atoms with Gasteiger partial charge in [-0.1, -0.05) is 41.7 Å². The molecule has 0 aromatic heterocycles. The normalized spacial score (nSPS) is 11.1. The number of rotatable bonds is 7. The Hall–Kier alpha value is -1.94. The van der Waals surface area contributed by atoms with Gasteiger partial charge >= 0.3 is 11.9 Å². The van der Waals surface area contributed by atoms with Gasteiger partial charge in [-0.3, -0.25) is 0 Å². The Balaban J connectivity index is 3.20. The van der Waals surface area contributed by atoms with Crippen LogP contribution in [0.2, 0.25) is 15.1 Å². The highest BCUT2D eigenvalue weighted by atomic mass is 35.5. The molecule has 0 atom stereocenters. The Morgan fingerprint density at radius 2 is 1.96 bits per heavy atom. The maximum atomic E-state index is 12.2. The average Bonchev–Trinajstić information content (AvgIpc) is 2.57. The lowest BCUT2D eigenvalue weighted by Crippen LogP contribution is -2.13. The van der Waals surface area contributed by atoms with E-state index in [0.29, 0.717) is 6.42 Å². The molecule has 0 amide bonds. The fourth-order valence-corrected chi connectivity index (χ4v) is 2.48. The van der Waals surface area contributed by atoms with Gasteiger partial charge in [0, 0.05) is 6.20 Å². The topological polar surface area (TPSA) is 88.4 Å². The zero-order valence-electron chi connectivity index (χ0n) is 14.4. The number of anilines is 1. The molecule has 6 nitrogen and oxygen atoms in total. The van der Waals surface area contributed by atoms with Gasteiger partial charge in [0.05, 0.1) is 33.5 Å². The van der Waals surface area contributed by atoms with E-state index in [9.17, 15) is 9.59 Å². The quantitative estimate of drug-likeness (QED) is 0.290. The van der Waals surface area contributed by atoms with Crippen LogP contribution in [0.15, 0.2) is 17.8 Å². The van der Waals surface area contributed by atoms with E-state index < -0.39 is 11.9 Å². The molecule has 0 aliphatic carbocycles. The zero-order valence-corrected chi connectivity index (χ0v) is 16.6. The highest BCUT2D eigenvalue weighted by Gasteiger charge is 2.23. The second-order valence-electron chi connectivity index (χ2n) is 5.31. The molecule has 1 rings (SSSR count). The third-order valence-electron chi connectivity index (χ3n) is 2.85. The van der Waals surface area contributed by atoms with Gasteiger partial charge in [-0.25, -0.2) is 9.59 Å². The summed E-state index contributed by atoms with van der Waals surface area (Å²) >= 11 is 18.3. The Kier molecular flexibility index (Phi) is 8.73. The van der Waals surface area contributed by atoms with E-state index in [1.165, 1.54) is 6.07 Å². The van der Waals surface area contributed by atoms with Crippen molar-refractivity contribution in [3.63, 3.8) is 0 Å². The maximum Gasteiger partial charge on any atom is 0.350 e. The van der Waals surface area contributed by atoms with Crippen molar-refractivity contribution in [2.24, 2.45) is 0 Å². The first-order valence-electron chi connectivity index (χ1n) is 7.65. The molecule has 0 spiro atoms. The van der Waals surface area contributed by atoms with Crippen molar-refractivity contribution in [3.8, 4) is 6.07 Å². The lowest BCUT2D eigenvalue weighted by atomic mass is 10.2. The van der Waals surface area contributed by atoms with Crippen LogP contribution in [-0.4, -0.2) is 24.6 Å². The summed E-state index contributed by atoms with van der Waals surface area (Å²) < 4.78 is 9.99. The first-order valence-corrected chi connectivity index (χ1v) is 8.78. The van der Waals surface area contributed by atoms with Crippen molar-refractivity contribution in [2.45, 2.75) is 33.3 Å². The Morgan fingerprint density at radius 3 is 2.50 bits per heavy atom. The van der Waals surface area contributed by atoms with Gasteiger partial charge in [0.1, 0.15) is 11.6 Å². The number of hydrogen-bond acceptors (Lipinski definition) is 6. The molecular formula is C17H17Cl3N2O4. The first-order chi connectivity index (χ1) is 12.2. The Bertz CT molecular complexity index is 770. The minimum absolute atomic E-state index is 0.0507. The summed E-state index contributed by atoms with van der Waals surface area (Å²) in [7, 11) is 0. The van der Waals surface area contributed by atoms with Crippen LogP contribution in [0.25, 0.3) is 0 Å². The fourth-order valence-electron chi connectivity index (χ4n) is 1.72. The van der Waals surface area contributed by atoms with E-state index in [2.05, 4.69) is 5.32 Å². The van der Waals surface area contributed by atoms with Crippen molar-refractivity contribution in [1.29, 1.82) is 5.26 Å². The Labute approximate surface area is 166 Å². The van der Waals surface area contributed by atoms with Crippen LogP contribution in [0, 0.1) is 11.3 Å². The first kappa shape index (κ1) is 22.1. The van der Waals surface area contributed by atoms with E-state index >= 15 is 0 Å². The molecule has 9 heteroatoms. The average molecular weight is 420 g/mol. The van der Waals surface area contributed by atoms with Gasteiger partial charge in [0.15, 0.2) is 5.57 Å². The van der Waals surface area contributed by atoms with Gasteiger partial charge < -0.3 is 14.8 Å². The zero-order chi connectivity index (χ0) is 19.9. The summed E-state index contributed by atoms with van der Waals surface area (Å²) in [4.78, 5) is 24.0. The lowest BCUT2D eigenvalue weighted by molar-refractivity contribution is -0.138. The summed E-state index contributed by atoms with van der Waals surface area (Å²) in [6.07, 6.45) is 1.35. The molecule has 0 saturated heterocycles. The summed E-state index contributed by atoms with van der Waals surface area (Å²) in [5.74, 6) is -1.52. The van der Waals surface area contributed by atoms with Gasteiger partial charge in [-0.2, -0.15) is 5.26 Å². The number of carbonyl (C=O) groups is 2. The van der Waals surface area contributed by atoms with Crippen molar-refractivity contribution in [1.82, 2.24) is 0 Å². The number of nitrogens with zero attached hydrogens (tertiary/aromatic N) is 1. The fraction of sp³-hybridized carbons (Fsp3) is 0.353. The van der Waals surface area contributed by atoms with Gasteiger partial charge in [-0.15, -0.1) is 0 Å².